The van der Waals surface area contributed by atoms with Gasteiger partial charge >= 0.3 is 0 Å². The van der Waals surface area contributed by atoms with Crippen LogP contribution in [0.15, 0.2) is 29.1 Å². The van der Waals surface area contributed by atoms with Gasteiger partial charge in [-0.3, -0.25) is 4.79 Å². The Bertz CT molecular complexity index is 754. The summed E-state index contributed by atoms with van der Waals surface area (Å²) in [6.45, 7) is 6.64. The van der Waals surface area contributed by atoms with Gasteiger partial charge in [0.05, 0.1) is 18.2 Å². The highest BCUT2D eigenvalue weighted by Crippen LogP contribution is 2.22. The van der Waals surface area contributed by atoms with Crippen LogP contribution in [0.1, 0.15) is 30.0 Å². The number of hydrogen-bond donors (Lipinski definition) is 0. The highest BCUT2D eigenvalue weighted by molar-refractivity contribution is 5.64. The molecule has 0 spiro atoms. The van der Waals surface area contributed by atoms with Crippen LogP contribution >= 0.6 is 0 Å². The summed E-state index contributed by atoms with van der Waals surface area (Å²) in [7, 11) is 0. The predicted molar refractivity (Wildman–Crippen MR) is 83.0 cm³/mol. The molecule has 2 rings (SSSR count). The zero-order valence-corrected chi connectivity index (χ0v) is 12.7. The second kappa shape index (κ2) is 6.36. The molecule has 0 atom stereocenters. The van der Waals surface area contributed by atoms with Gasteiger partial charge in [-0.1, -0.05) is 30.7 Å². The van der Waals surface area contributed by atoms with Gasteiger partial charge in [0.15, 0.2) is 0 Å². The van der Waals surface area contributed by atoms with Crippen molar-refractivity contribution < 1.29 is 0 Å². The smallest absolute Gasteiger partial charge is 0.267 e. The van der Waals surface area contributed by atoms with Crippen molar-refractivity contribution in [3.63, 3.8) is 0 Å². The Hall–Kier alpha value is -2.41. The van der Waals surface area contributed by atoms with Crippen molar-refractivity contribution in [3.8, 4) is 17.3 Å². The van der Waals surface area contributed by atoms with E-state index in [2.05, 4.69) is 17.2 Å². The third-order valence-corrected chi connectivity index (χ3v) is 3.41. The number of benzene rings is 1. The summed E-state index contributed by atoms with van der Waals surface area (Å²) in [4.78, 5) is 12.2. The Balaban J connectivity index is 2.63. The number of aryl methyl sites for hydroxylation is 3. The van der Waals surface area contributed by atoms with E-state index in [1.807, 2.05) is 32.9 Å². The largest absolute Gasteiger partial charge is 0.271 e. The SMILES string of the molecule is CCCn1nc(-c2ccc(C)cc2C)cc(CC#N)c1=O. The molecular formula is C17H19N3O. The number of rotatable bonds is 4. The van der Waals surface area contributed by atoms with E-state index in [9.17, 15) is 4.79 Å². The zero-order valence-electron chi connectivity index (χ0n) is 12.7. The van der Waals surface area contributed by atoms with E-state index in [1.54, 1.807) is 6.07 Å². The van der Waals surface area contributed by atoms with E-state index in [4.69, 9.17) is 5.26 Å². The molecule has 0 radical (unpaired) electrons. The van der Waals surface area contributed by atoms with Gasteiger partial charge in [0.25, 0.3) is 5.56 Å². The Labute approximate surface area is 124 Å². The van der Waals surface area contributed by atoms with Crippen molar-refractivity contribution in [1.29, 1.82) is 5.26 Å². The number of hydrogen-bond acceptors (Lipinski definition) is 3. The normalized spacial score (nSPS) is 10.4. The molecule has 0 saturated heterocycles. The monoisotopic (exact) mass is 281 g/mol. The van der Waals surface area contributed by atoms with Crippen LogP contribution in [0.3, 0.4) is 0 Å². The second-order valence-corrected chi connectivity index (χ2v) is 5.24. The maximum Gasteiger partial charge on any atom is 0.271 e. The molecule has 0 amide bonds. The first-order valence-electron chi connectivity index (χ1n) is 7.12. The first-order chi connectivity index (χ1) is 10.1. The standard InChI is InChI=1S/C17H19N3O/c1-4-9-20-17(21)14(7-8-18)11-16(19-20)15-6-5-12(2)10-13(15)3/h5-6,10-11H,4,7,9H2,1-3H3. The van der Waals surface area contributed by atoms with Crippen LogP contribution in [-0.2, 0) is 13.0 Å². The van der Waals surface area contributed by atoms with Crippen LogP contribution < -0.4 is 5.56 Å². The lowest BCUT2D eigenvalue weighted by atomic mass is 10.0. The fourth-order valence-electron chi connectivity index (χ4n) is 2.40. The molecule has 0 aliphatic heterocycles. The molecule has 0 N–H and O–H groups in total. The molecule has 108 valence electrons. The minimum Gasteiger partial charge on any atom is -0.267 e. The lowest BCUT2D eigenvalue weighted by Crippen LogP contribution is -2.26. The topological polar surface area (TPSA) is 58.7 Å². The van der Waals surface area contributed by atoms with Gasteiger partial charge in [-0.15, -0.1) is 0 Å². The minimum atomic E-state index is -0.160. The molecule has 4 nitrogen and oxygen atoms in total. The fraction of sp³-hybridized carbons (Fsp3) is 0.353. The average molecular weight is 281 g/mol. The summed E-state index contributed by atoms with van der Waals surface area (Å²) in [6.07, 6.45) is 0.943. The summed E-state index contributed by atoms with van der Waals surface area (Å²) in [6, 6.07) is 9.94. The Morgan fingerprint density at radius 2 is 2.05 bits per heavy atom. The highest BCUT2D eigenvalue weighted by Gasteiger charge is 2.11. The molecule has 1 aromatic carbocycles. The van der Waals surface area contributed by atoms with Crippen LogP contribution in [0.2, 0.25) is 0 Å². The molecule has 0 saturated carbocycles. The molecule has 1 aromatic heterocycles. The van der Waals surface area contributed by atoms with Gasteiger partial charge in [-0.05, 0) is 31.9 Å². The van der Waals surface area contributed by atoms with Gasteiger partial charge < -0.3 is 0 Å². The van der Waals surface area contributed by atoms with Crippen molar-refractivity contribution >= 4 is 0 Å². The highest BCUT2D eigenvalue weighted by atomic mass is 16.1. The quantitative estimate of drug-likeness (QED) is 0.865. The fourth-order valence-corrected chi connectivity index (χ4v) is 2.40. The third kappa shape index (κ3) is 3.19. The van der Waals surface area contributed by atoms with Crippen LogP contribution in [-0.4, -0.2) is 9.78 Å². The van der Waals surface area contributed by atoms with Gasteiger partial charge in [0.1, 0.15) is 0 Å². The Morgan fingerprint density at radius 1 is 1.29 bits per heavy atom. The van der Waals surface area contributed by atoms with E-state index in [-0.39, 0.29) is 12.0 Å². The van der Waals surface area contributed by atoms with E-state index in [0.29, 0.717) is 12.1 Å². The van der Waals surface area contributed by atoms with E-state index in [0.717, 1.165) is 23.2 Å². The predicted octanol–water partition coefficient (Wildman–Crippen LogP) is 3.00. The van der Waals surface area contributed by atoms with E-state index < -0.39 is 0 Å². The summed E-state index contributed by atoms with van der Waals surface area (Å²) in [5.74, 6) is 0. The molecular weight excluding hydrogens is 262 g/mol. The first kappa shape index (κ1) is 15.0. The summed E-state index contributed by atoms with van der Waals surface area (Å²) in [5.41, 5.74) is 4.42. The van der Waals surface area contributed by atoms with Crippen LogP contribution in [0.5, 0.6) is 0 Å². The molecule has 0 aliphatic carbocycles. The average Bonchev–Trinajstić information content (AvgIpc) is 2.43. The van der Waals surface area contributed by atoms with Crippen molar-refractivity contribution in [3.05, 3.63) is 51.3 Å². The van der Waals surface area contributed by atoms with Gasteiger partial charge in [-0.25, -0.2) is 4.68 Å². The molecule has 0 unspecified atom stereocenters. The van der Waals surface area contributed by atoms with Crippen molar-refractivity contribution in [1.82, 2.24) is 9.78 Å². The molecule has 4 heteroatoms. The van der Waals surface area contributed by atoms with Crippen LogP contribution in [0.25, 0.3) is 11.3 Å². The van der Waals surface area contributed by atoms with Gasteiger partial charge in [0.2, 0.25) is 0 Å². The minimum absolute atomic E-state index is 0.114. The molecule has 0 bridgehead atoms. The maximum absolute atomic E-state index is 12.2. The number of nitrogens with zero attached hydrogens (tertiary/aromatic N) is 3. The zero-order chi connectivity index (χ0) is 15.4. The first-order valence-corrected chi connectivity index (χ1v) is 7.12. The molecule has 2 aromatic rings. The molecule has 1 heterocycles. The molecule has 0 aliphatic rings. The summed E-state index contributed by atoms with van der Waals surface area (Å²) < 4.78 is 1.47. The number of nitriles is 1. The lowest BCUT2D eigenvalue weighted by molar-refractivity contribution is 0.566. The van der Waals surface area contributed by atoms with E-state index in [1.165, 1.54) is 10.2 Å². The van der Waals surface area contributed by atoms with Crippen molar-refractivity contribution in [2.45, 2.75) is 40.2 Å². The third-order valence-electron chi connectivity index (χ3n) is 3.41. The Kier molecular flexibility index (Phi) is 4.54. The lowest BCUT2D eigenvalue weighted by Gasteiger charge is -2.11. The van der Waals surface area contributed by atoms with E-state index >= 15 is 0 Å². The Morgan fingerprint density at radius 3 is 2.67 bits per heavy atom. The van der Waals surface area contributed by atoms with Crippen molar-refractivity contribution in [2.24, 2.45) is 0 Å². The van der Waals surface area contributed by atoms with Gasteiger partial charge in [0, 0.05) is 17.7 Å². The number of aromatic nitrogens is 2. The summed E-state index contributed by atoms with van der Waals surface area (Å²) in [5, 5.41) is 13.4. The summed E-state index contributed by atoms with van der Waals surface area (Å²) >= 11 is 0. The molecule has 0 fully saturated rings. The van der Waals surface area contributed by atoms with Crippen LogP contribution in [0.4, 0.5) is 0 Å². The second-order valence-electron chi connectivity index (χ2n) is 5.24. The van der Waals surface area contributed by atoms with Crippen molar-refractivity contribution in [2.75, 3.05) is 0 Å². The molecule has 21 heavy (non-hydrogen) atoms. The van der Waals surface area contributed by atoms with Gasteiger partial charge in [-0.2, -0.15) is 10.4 Å². The maximum atomic E-state index is 12.2. The van der Waals surface area contributed by atoms with Crippen LogP contribution in [0, 0.1) is 25.2 Å².